The third-order valence-electron chi connectivity index (χ3n) is 0.806. The number of halogens is 3. The molecule has 3 nitrogen and oxygen atoms in total. The van der Waals surface area contributed by atoms with Gasteiger partial charge in [-0.3, -0.25) is 0 Å². The Hall–Kier alpha value is 0.0200. The van der Waals surface area contributed by atoms with E-state index in [0.717, 1.165) is 14.2 Å². The summed E-state index contributed by atoms with van der Waals surface area (Å²) in [6, 6.07) is 0. The highest BCUT2D eigenvalue weighted by Crippen LogP contribution is 2.88. The Labute approximate surface area is 62.9 Å². The van der Waals surface area contributed by atoms with Gasteiger partial charge in [0.1, 0.15) is 21.5 Å². The molecule has 0 aromatic carbocycles. The van der Waals surface area contributed by atoms with Crippen molar-refractivity contribution in [2.24, 2.45) is 5.14 Å². The third-order valence-corrected chi connectivity index (χ3v) is 2.42. The highest BCUT2D eigenvalue weighted by Gasteiger charge is 2.58. The zero-order chi connectivity index (χ0) is 9.24. The van der Waals surface area contributed by atoms with E-state index < -0.39 is 21.5 Å². The molecular formula is C4H12F3NO2S. The van der Waals surface area contributed by atoms with E-state index in [0.29, 0.717) is 0 Å². The maximum Gasteiger partial charge on any atom is 0.146 e. The van der Waals surface area contributed by atoms with Crippen LogP contribution < -0.4 is 5.14 Å². The first-order valence-corrected chi connectivity index (χ1v) is 5.22. The minimum Gasteiger partial charge on any atom is -0.369 e. The van der Waals surface area contributed by atoms with Gasteiger partial charge in [0.15, 0.2) is 0 Å². The van der Waals surface area contributed by atoms with E-state index in [-0.39, 0.29) is 0 Å². The standard InChI is InChI=1S/C4H12F3NO2S/c1-9-3-11(5,6,7,8)4-10-2/h3-4,8H2,1-2H3. The molecule has 72 valence electrons. The van der Waals surface area contributed by atoms with Crippen molar-refractivity contribution in [1.29, 1.82) is 0 Å². The molecule has 0 aromatic rings. The Morgan fingerprint density at radius 3 is 1.55 bits per heavy atom. The van der Waals surface area contributed by atoms with Crippen LogP contribution in [0.1, 0.15) is 0 Å². The fraction of sp³-hybridized carbons (Fsp3) is 1.00. The first kappa shape index (κ1) is 11.0. The summed E-state index contributed by atoms with van der Waals surface area (Å²) in [7, 11) is -5.15. The first-order chi connectivity index (χ1) is 4.62. The molecule has 0 rings (SSSR count). The molecule has 0 heterocycles. The second-order valence-electron chi connectivity index (χ2n) is 2.45. The van der Waals surface area contributed by atoms with Gasteiger partial charge < -0.3 is 9.47 Å². The summed E-state index contributed by atoms with van der Waals surface area (Å²) < 4.78 is 46.3. The fourth-order valence-electron chi connectivity index (χ4n) is 0.604. The summed E-state index contributed by atoms with van der Waals surface area (Å²) in [6.45, 7) is 0. The largest absolute Gasteiger partial charge is 0.369 e. The molecule has 0 fully saturated rings. The van der Waals surface area contributed by atoms with Crippen molar-refractivity contribution in [2.45, 2.75) is 0 Å². The van der Waals surface area contributed by atoms with Crippen molar-refractivity contribution in [3.05, 3.63) is 0 Å². The average Bonchev–Trinajstić information content (AvgIpc) is 1.59. The minimum atomic E-state index is -7.04. The van der Waals surface area contributed by atoms with Gasteiger partial charge >= 0.3 is 0 Å². The Balaban J connectivity index is 4.54. The van der Waals surface area contributed by atoms with Gasteiger partial charge in [0.05, 0.1) is 0 Å². The van der Waals surface area contributed by atoms with Gasteiger partial charge in [-0.15, -0.1) is 11.7 Å². The van der Waals surface area contributed by atoms with Gasteiger partial charge in [-0.05, 0) is 0 Å². The summed E-state index contributed by atoms with van der Waals surface area (Å²) in [5, 5.41) is 4.29. The molecule has 0 aliphatic carbocycles. The van der Waals surface area contributed by atoms with E-state index in [2.05, 4.69) is 14.6 Å². The molecule has 0 amide bonds. The lowest BCUT2D eigenvalue weighted by Gasteiger charge is -2.52. The van der Waals surface area contributed by atoms with Crippen LogP contribution in [-0.2, 0) is 9.47 Å². The number of methoxy groups -OCH3 is 2. The highest BCUT2D eigenvalue weighted by molar-refractivity contribution is 8.51. The van der Waals surface area contributed by atoms with Crippen LogP contribution in [0.4, 0.5) is 11.7 Å². The van der Waals surface area contributed by atoms with Crippen molar-refractivity contribution in [3.8, 4) is 0 Å². The lowest BCUT2D eigenvalue weighted by molar-refractivity contribution is 0.196. The summed E-state index contributed by atoms with van der Waals surface area (Å²) in [5.41, 5.74) is 0. The molecule has 0 spiro atoms. The van der Waals surface area contributed by atoms with Crippen molar-refractivity contribution < 1.29 is 21.1 Å². The van der Waals surface area contributed by atoms with Crippen molar-refractivity contribution in [1.82, 2.24) is 0 Å². The summed E-state index contributed by atoms with van der Waals surface area (Å²) >= 11 is 0. The van der Waals surface area contributed by atoms with E-state index in [1.165, 1.54) is 0 Å². The SMILES string of the molecule is COCS(N)(F)(F)(F)COC. The molecule has 0 bridgehead atoms. The van der Waals surface area contributed by atoms with Crippen LogP contribution in [0.25, 0.3) is 0 Å². The minimum absolute atomic E-state index is 0.946. The van der Waals surface area contributed by atoms with Gasteiger partial charge in [0.25, 0.3) is 0 Å². The molecule has 11 heavy (non-hydrogen) atoms. The second-order valence-corrected chi connectivity index (χ2v) is 6.19. The molecule has 0 radical (unpaired) electrons. The van der Waals surface area contributed by atoms with Crippen molar-refractivity contribution in [2.75, 3.05) is 26.1 Å². The van der Waals surface area contributed by atoms with Gasteiger partial charge in [-0.1, -0.05) is 0 Å². The topological polar surface area (TPSA) is 44.5 Å². The van der Waals surface area contributed by atoms with Crippen LogP contribution >= 0.6 is 9.64 Å². The Bertz CT molecular complexity index is 141. The molecule has 0 aromatic heterocycles. The molecule has 0 saturated heterocycles. The predicted octanol–water partition coefficient (Wildman–Crippen LogP) is 1.60. The summed E-state index contributed by atoms with van der Waals surface area (Å²) in [4.78, 5) is 0. The van der Waals surface area contributed by atoms with Crippen LogP contribution in [0.5, 0.6) is 0 Å². The average molecular weight is 195 g/mol. The van der Waals surface area contributed by atoms with Crippen LogP contribution in [0.15, 0.2) is 0 Å². The van der Waals surface area contributed by atoms with E-state index >= 15 is 0 Å². The molecule has 0 aliphatic rings. The number of nitrogens with two attached hydrogens (primary N) is 1. The number of hydrogen-bond donors (Lipinski definition) is 1. The lowest BCUT2D eigenvalue weighted by atomic mass is 11.5. The Morgan fingerprint density at radius 1 is 1.09 bits per heavy atom. The monoisotopic (exact) mass is 195 g/mol. The van der Waals surface area contributed by atoms with E-state index in [1.54, 1.807) is 0 Å². The van der Waals surface area contributed by atoms with Crippen molar-refractivity contribution >= 4 is 9.64 Å². The van der Waals surface area contributed by atoms with Crippen molar-refractivity contribution in [3.63, 3.8) is 0 Å². The zero-order valence-corrected chi connectivity index (χ0v) is 7.17. The molecule has 2 N–H and O–H groups in total. The van der Waals surface area contributed by atoms with Crippen LogP contribution in [-0.4, -0.2) is 26.1 Å². The van der Waals surface area contributed by atoms with Gasteiger partial charge in [-0.2, -0.15) is 0 Å². The van der Waals surface area contributed by atoms with Crippen LogP contribution in [0.2, 0.25) is 0 Å². The lowest BCUT2D eigenvalue weighted by Crippen LogP contribution is -2.38. The molecule has 0 unspecified atom stereocenters. The van der Waals surface area contributed by atoms with Gasteiger partial charge in [0, 0.05) is 14.2 Å². The maximum atomic E-state index is 12.8. The molecule has 0 aliphatic heterocycles. The number of hydrogen-bond acceptors (Lipinski definition) is 3. The fourth-order valence-corrected chi connectivity index (χ4v) is 1.81. The van der Waals surface area contributed by atoms with E-state index in [1.807, 2.05) is 0 Å². The van der Waals surface area contributed by atoms with E-state index in [4.69, 9.17) is 0 Å². The number of ether oxygens (including phenoxy) is 2. The normalized spacial score (nSPS) is 19.1. The quantitative estimate of drug-likeness (QED) is 0.741. The van der Waals surface area contributed by atoms with Gasteiger partial charge in [0.2, 0.25) is 0 Å². The van der Waals surface area contributed by atoms with Crippen LogP contribution in [0, 0.1) is 0 Å². The molecule has 0 saturated carbocycles. The Morgan fingerprint density at radius 2 is 1.36 bits per heavy atom. The third kappa shape index (κ3) is 4.46. The molecule has 7 heteroatoms. The number of rotatable bonds is 4. The first-order valence-electron chi connectivity index (χ1n) is 2.67. The van der Waals surface area contributed by atoms with E-state index in [9.17, 15) is 11.7 Å². The highest BCUT2D eigenvalue weighted by atomic mass is 32.4. The molecular weight excluding hydrogens is 183 g/mol. The predicted molar refractivity (Wildman–Crippen MR) is 38.9 cm³/mol. The maximum absolute atomic E-state index is 12.8. The zero-order valence-electron chi connectivity index (χ0n) is 6.35. The second kappa shape index (κ2) is 2.25. The Kier molecular flexibility index (Phi) is 2.26. The summed E-state index contributed by atoms with van der Waals surface area (Å²) in [6.07, 6.45) is 0. The van der Waals surface area contributed by atoms with Gasteiger partial charge in [-0.25, -0.2) is 5.14 Å². The summed E-state index contributed by atoms with van der Waals surface area (Å²) in [5.74, 6) is -2.85. The molecule has 0 atom stereocenters. The van der Waals surface area contributed by atoms with Crippen LogP contribution in [0.3, 0.4) is 0 Å². The smallest absolute Gasteiger partial charge is 0.146 e.